The van der Waals surface area contributed by atoms with E-state index in [0.717, 1.165) is 35.5 Å². The zero-order valence-electron chi connectivity index (χ0n) is 14.3. The Morgan fingerprint density at radius 3 is 2.84 bits per heavy atom. The number of rotatable bonds is 3. The van der Waals surface area contributed by atoms with Gasteiger partial charge in [-0.2, -0.15) is 0 Å². The van der Waals surface area contributed by atoms with Gasteiger partial charge in [0.1, 0.15) is 18.2 Å². The van der Waals surface area contributed by atoms with Crippen LogP contribution in [-0.2, 0) is 31.4 Å². The molecule has 0 aliphatic carbocycles. The Bertz CT molecular complexity index is 1010. The van der Waals surface area contributed by atoms with Crippen LogP contribution in [0.25, 0.3) is 11.0 Å². The first-order chi connectivity index (χ1) is 12.0. The maximum atomic E-state index is 12.5. The molecule has 1 N–H and O–H groups in total. The lowest BCUT2D eigenvalue weighted by Crippen LogP contribution is -2.43. The van der Waals surface area contributed by atoms with Crippen molar-refractivity contribution in [3.8, 4) is 0 Å². The number of hydrogen-bond acceptors (Lipinski definition) is 4. The van der Waals surface area contributed by atoms with Crippen LogP contribution < -0.4 is 11.0 Å². The van der Waals surface area contributed by atoms with E-state index in [1.807, 2.05) is 35.8 Å². The lowest BCUT2D eigenvalue weighted by Gasteiger charge is -2.25. The average Bonchev–Trinajstić information content (AvgIpc) is 3.09. The van der Waals surface area contributed by atoms with Gasteiger partial charge in [-0.25, -0.2) is 4.79 Å². The van der Waals surface area contributed by atoms with E-state index in [4.69, 9.17) is 0 Å². The lowest BCUT2D eigenvalue weighted by molar-refractivity contribution is -0.122. The average molecular weight is 340 g/mol. The number of nitrogens with zero attached hydrogens (tertiary/aromatic N) is 5. The highest BCUT2D eigenvalue weighted by atomic mass is 16.2. The van der Waals surface area contributed by atoms with Crippen molar-refractivity contribution in [2.45, 2.75) is 38.9 Å². The van der Waals surface area contributed by atoms with E-state index in [0.29, 0.717) is 6.54 Å². The zero-order valence-corrected chi connectivity index (χ0v) is 14.3. The Hall–Kier alpha value is -2.90. The van der Waals surface area contributed by atoms with E-state index in [1.54, 1.807) is 11.6 Å². The molecule has 1 aromatic carbocycles. The number of amides is 1. The maximum absolute atomic E-state index is 12.5. The van der Waals surface area contributed by atoms with Gasteiger partial charge in [0.05, 0.1) is 11.0 Å². The minimum atomic E-state index is -0.183. The number of benzene rings is 1. The number of carbonyl (C=O) groups is 1. The summed E-state index contributed by atoms with van der Waals surface area (Å²) in [6, 6.07) is 7.52. The number of hydrogen-bond donors (Lipinski definition) is 1. The minimum absolute atomic E-state index is 0.0186. The molecule has 1 amide bonds. The number of aryl methyl sites for hydroxylation is 3. The van der Waals surface area contributed by atoms with Gasteiger partial charge in [-0.05, 0) is 25.5 Å². The quantitative estimate of drug-likeness (QED) is 0.746. The second-order valence-corrected chi connectivity index (χ2v) is 6.49. The molecular formula is C17H20N6O2. The number of imidazole rings is 1. The van der Waals surface area contributed by atoms with Gasteiger partial charge in [-0.1, -0.05) is 12.1 Å². The molecule has 8 heteroatoms. The first-order valence-corrected chi connectivity index (χ1v) is 8.37. The predicted molar refractivity (Wildman–Crippen MR) is 92.2 cm³/mol. The van der Waals surface area contributed by atoms with Gasteiger partial charge in [-0.15, -0.1) is 10.2 Å². The fourth-order valence-electron chi connectivity index (χ4n) is 3.51. The number of fused-ring (bicyclic) bond motifs is 2. The fourth-order valence-corrected chi connectivity index (χ4v) is 3.51. The second kappa shape index (κ2) is 5.87. The van der Waals surface area contributed by atoms with E-state index in [2.05, 4.69) is 15.5 Å². The summed E-state index contributed by atoms with van der Waals surface area (Å²) in [5.41, 5.74) is 1.41. The van der Waals surface area contributed by atoms with Crippen LogP contribution in [0.4, 0.5) is 0 Å². The minimum Gasteiger partial charge on any atom is -0.350 e. The molecule has 0 unspecified atom stereocenters. The molecule has 3 heterocycles. The molecule has 130 valence electrons. The van der Waals surface area contributed by atoms with Crippen LogP contribution in [0.15, 0.2) is 29.1 Å². The van der Waals surface area contributed by atoms with Crippen molar-refractivity contribution in [2.75, 3.05) is 0 Å². The van der Waals surface area contributed by atoms with Crippen molar-refractivity contribution >= 4 is 16.9 Å². The van der Waals surface area contributed by atoms with Crippen molar-refractivity contribution in [1.29, 1.82) is 0 Å². The summed E-state index contributed by atoms with van der Waals surface area (Å²) in [6.07, 6.45) is 1.62. The van der Waals surface area contributed by atoms with Crippen LogP contribution in [0, 0.1) is 6.92 Å². The highest BCUT2D eigenvalue weighted by Crippen LogP contribution is 2.15. The third-order valence-corrected chi connectivity index (χ3v) is 4.85. The van der Waals surface area contributed by atoms with Crippen molar-refractivity contribution in [3.63, 3.8) is 0 Å². The summed E-state index contributed by atoms with van der Waals surface area (Å²) >= 11 is 0. The summed E-state index contributed by atoms with van der Waals surface area (Å²) in [5.74, 6) is 1.67. The smallest absolute Gasteiger partial charge is 0.329 e. The molecule has 0 saturated carbocycles. The van der Waals surface area contributed by atoms with Crippen molar-refractivity contribution in [3.05, 3.63) is 46.4 Å². The molecule has 25 heavy (non-hydrogen) atoms. The molecule has 0 radical (unpaired) electrons. The summed E-state index contributed by atoms with van der Waals surface area (Å²) in [6.45, 7) is 2.60. The van der Waals surface area contributed by atoms with Crippen molar-refractivity contribution in [1.82, 2.24) is 29.2 Å². The highest BCUT2D eigenvalue weighted by molar-refractivity contribution is 5.81. The molecule has 1 atom stereocenters. The molecule has 4 rings (SSSR count). The summed E-state index contributed by atoms with van der Waals surface area (Å²) in [4.78, 5) is 24.9. The van der Waals surface area contributed by atoms with E-state index in [9.17, 15) is 9.59 Å². The van der Waals surface area contributed by atoms with Gasteiger partial charge >= 0.3 is 5.69 Å². The number of aromatic nitrogens is 5. The lowest BCUT2D eigenvalue weighted by atomic mass is 10.1. The molecule has 0 spiro atoms. The first kappa shape index (κ1) is 15.6. The summed E-state index contributed by atoms with van der Waals surface area (Å²) in [7, 11) is 1.72. The van der Waals surface area contributed by atoms with Crippen LogP contribution in [-0.4, -0.2) is 35.8 Å². The molecule has 3 aromatic rings. The number of para-hydroxylation sites is 2. The zero-order chi connectivity index (χ0) is 17.6. The van der Waals surface area contributed by atoms with E-state index in [1.165, 1.54) is 4.57 Å². The van der Waals surface area contributed by atoms with Gasteiger partial charge in [0.2, 0.25) is 5.91 Å². The van der Waals surface area contributed by atoms with Crippen molar-refractivity contribution in [2.24, 2.45) is 7.05 Å². The summed E-state index contributed by atoms with van der Waals surface area (Å²) in [5, 5.41) is 11.3. The monoisotopic (exact) mass is 340 g/mol. The topological polar surface area (TPSA) is 86.7 Å². The highest BCUT2D eigenvalue weighted by Gasteiger charge is 2.23. The van der Waals surface area contributed by atoms with Gasteiger partial charge in [0, 0.05) is 26.1 Å². The third-order valence-electron chi connectivity index (χ3n) is 4.85. The van der Waals surface area contributed by atoms with Gasteiger partial charge in [0.15, 0.2) is 0 Å². The molecule has 2 aromatic heterocycles. The van der Waals surface area contributed by atoms with Crippen LogP contribution in [0.3, 0.4) is 0 Å². The van der Waals surface area contributed by atoms with E-state index < -0.39 is 0 Å². The van der Waals surface area contributed by atoms with E-state index in [-0.39, 0.29) is 24.2 Å². The molecule has 0 saturated heterocycles. The van der Waals surface area contributed by atoms with Crippen LogP contribution >= 0.6 is 0 Å². The van der Waals surface area contributed by atoms with Gasteiger partial charge in [0.25, 0.3) is 0 Å². The van der Waals surface area contributed by atoms with Crippen LogP contribution in [0.1, 0.15) is 18.1 Å². The van der Waals surface area contributed by atoms with Crippen LogP contribution in [0.5, 0.6) is 0 Å². The number of nitrogens with one attached hydrogen (secondary N) is 1. The molecule has 0 bridgehead atoms. The van der Waals surface area contributed by atoms with Crippen LogP contribution in [0.2, 0.25) is 0 Å². The Balaban J connectivity index is 1.51. The SMILES string of the molecule is Cc1nnc2n1C[C@@H](NC(=O)Cn1c(=O)n(C)c3ccccc31)CC2. The van der Waals surface area contributed by atoms with E-state index >= 15 is 0 Å². The molecule has 8 nitrogen and oxygen atoms in total. The largest absolute Gasteiger partial charge is 0.350 e. The molecule has 0 fully saturated rings. The van der Waals surface area contributed by atoms with Gasteiger partial charge in [-0.3, -0.25) is 13.9 Å². The molecule has 1 aliphatic heterocycles. The standard InChI is InChI=1S/C17H20N6O2/c1-11-19-20-15-8-7-12(9-22(11)15)18-16(24)10-23-14-6-4-3-5-13(14)21(2)17(23)25/h3-6,12H,7-10H2,1-2H3,(H,18,24)/t12-/m0/s1. The Labute approximate surface area is 144 Å². The molecular weight excluding hydrogens is 320 g/mol. The maximum Gasteiger partial charge on any atom is 0.329 e. The third kappa shape index (κ3) is 2.63. The van der Waals surface area contributed by atoms with Gasteiger partial charge < -0.3 is 9.88 Å². The Morgan fingerprint density at radius 1 is 1.28 bits per heavy atom. The summed E-state index contributed by atoms with van der Waals surface area (Å²) < 4.78 is 5.12. The molecule has 1 aliphatic rings. The normalized spacial score (nSPS) is 16.8. The Kier molecular flexibility index (Phi) is 3.67. The first-order valence-electron chi connectivity index (χ1n) is 8.37. The predicted octanol–water partition coefficient (Wildman–Crippen LogP) is 0.371. The number of carbonyl (C=O) groups excluding carboxylic acids is 1. The second-order valence-electron chi connectivity index (χ2n) is 6.49. The Morgan fingerprint density at radius 2 is 2.04 bits per heavy atom. The fraction of sp³-hybridized carbons (Fsp3) is 0.412. The van der Waals surface area contributed by atoms with Crippen molar-refractivity contribution < 1.29 is 4.79 Å².